The zero-order chi connectivity index (χ0) is 13.3. The van der Waals surface area contributed by atoms with Gasteiger partial charge in [0, 0.05) is 30.4 Å². The molecular weight excluding hydrogens is 226 g/mol. The summed E-state index contributed by atoms with van der Waals surface area (Å²) in [5, 5.41) is 4.45. The lowest BCUT2D eigenvalue weighted by Gasteiger charge is -2.10. The summed E-state index contributed by atoms with van der Waals surface area (Å²) < 4.78 is 7.30. The molecule has 96 valence electrons. The first-order chi connectivity index (χ1) is 8.58. The van der Waals surface area contributed by atoms with Crippen LogP contribution in [0, 0.1) is 13.8 Å². The quantitative estimate of drug-likeness (QED) is 0.901. The first-order valence-corrected chi connectivity index (χ1v) is 5.96. The number of methoxy groups -OCH3 is 1. The van der Waals surface area contributed by atoms with Gasteiger partial charge in [0.05, 0.1) is 12.8 Å². The molecule has 0 unspecified atom stereocenters. The Labute approximate surface area is 107 Å². The number of aryl methyl sites for hydroxylation is 2. The fourth-order valence-corrected chi connectivity index (χ4v) is 2.19. The number of aromatic nitrogens is 2. The Balaban J connectivity index is 2.71. The Morgan fingerprint density at radius 2 is 2.06 bits per heavy atom. The van der Waals surface area contributed by atoms with E-state index in [1.165, 1.54) is 5.56 Å². The highest BCUT2D eigenvalue weighted by Gasteiger charge is 2.17. The van der Waals surface area contributed by atoms with Crippen molar-refractivity contribution in [1.29, 1.82) is 0 Å². The first kappa shape index (κ1) is 12.6. The fraction of sp³-hybridized carbons (Fsp3) is 0.357. The minimum absolute atomic E-state index is 0.425. The summed E-state index contributed by atoms with van der Waals surface area (Å²) >= 11 is 0. The predicted molar refractivity (Wildman–Crippen MR) is 72.6 cm³/mol. The maximum atomic E-state index is 5.78. The van der Waals surface area contributed by atoms with Gasteiger partial charge < -0.3 is 10.5 Å². The van der Waals surface area contributed by atoms with Crippen molar-refractivity contribution in [2.75, 3.05) is 7.11 Å². The molecule has 4 heteroatoms. The maximum Gasteiger partial charge on any atom is 0.126 e. The number of hydrogen-bond acceptors (Lipinski definition) is 3. The SMILES string of the molecule is COc1ccc(C)cc1-c1c(CN)nn(C)c1C. The van der Waals surface area contributed by atoms with Crippen molar-refractivity contribution in [3.63, 3.8) is 0 Å². The van der Waals surface area contributed by atoms with Gasteiger partial charge in [0.2, 0.25) is 0 Å². The Hall–Kier alpha value is -1.81. The number of rotatable bonds is 3. The standard InChI is InChI=1S/C14H19N3O/c1-9-5-6-13(18-4)11(7-9)14-10(2)17(3)16-12(14)8-15/h5-7H,8,15H2,1-4H3. The van der Waals surface area contributed by atoms with Gasteiger partial charge in [-0.1, -0.05) is 11.6 Å². The fourth-order valence-electron chi connectivity index (χ4n) is 2.19. The highest BCUT2D eigenvalue weighted by atomic mass is 16.5. The van der Waals surface area contributed by atoms with Crippen LogP contribution < -0.4 is 10.5 Å². The molecule has 0 spiro atoms. The van der Waals surface area contributed by atoms with Crippen LogP contribution in [0.5, 0.6) is 5.75 Å². The van der Waals surface area contributed by atoms with Crippen molar-refractivity contribution in [2.24, 2.45) is 12.8 Å². The number of hydrogen-bond donors (Lipinski definition) is 1. The number of benzene rings is 1. The average Bonchev–Trinajstić information content (AvgIpc) is 2.65. The molecule has 2 aromatic rings. The van der Waals surface area contributed by atoms with E-state index in [0.717, 1.165) is 28.3 Å². The summed E-state index contributed by atoms with van der Waals surface area (Å²) in [6.07, 6.45) is 0. The normalized spacial score (nSPS) is 10.7. The van der Waals surface area contributed by atoms with Gasteiger partial charge >= 0.3 is 0 Å². The molecule has 18 heavy (non-hydrogen) atoms. The van der Waals surface area contributed by atoms with E-state index in [1.54, 1.807) is 7.11 Å². The van der Waals surface area contributed by atoms with Crippen LogP contribution in [0.3, 0.4) is 0 Å². The first-order valence-electron chi connectivity index (χ1n) is 5.96. The minimum atomic E-state index is 0.425. The second-order valence-electron chi connectivity index (χ2n) is 4.44. The predicted octanol–water partition coefficient (Wildman–Crippen LogP) is 2.17. The number of nitrogens with two attached hydrogens (primary N) is 1. The molecule has 1 heterocycles. The Bertz CT molecular complexity index is 573. The molecule has 1 aromatic heterocycles. The van der Waals surface area contributed by atoms with Gasteiger partial charge in [0.15, 0.2) is 0 Å². The molecular formula is C14H19N3O. The van der Waals surface area contributed by atoms with E-state index in [1.807, 2.05) is 30.8 Å². The Morgan fingerprint density at radius 1 is 1.33 bits per heavy atom. The van der Waals surface area contributed by atoms with Crippen LogP contribution >= 0.6 is 0 Å². The van der Waals surface area contributed by atoms with Gasteiger partial charge in [-0.2, -0.15) is 5.10 Å². The zero-order valence-electron chi connectivity index (χ0n) is 11.3. The molecule has 0 bridgehead atoms. The zero-order valence-corrected chi connectivity index (χ0v) is 11.3. The average molecular weight is 245 g/mol. The van der Waals surface area contributed by atoms with Crippen LogP contribution in [0.2, 0.25) is 0 Å². The third-order valence-corrected chi connectivity index (χ3v) is 3.22. The molecule has 1 aromatic carbocycles. The molecule has 2 rings (SSSR count). The van der Waals surface area contributed by atoms with Crippen LogP contribution in [0.15, 0.2) is 18.2 Å². The van der Waals surface area contributed by atoms with Gasteiger partial charge in [0.1, 0.15) is 5.75 Å². The van der Waals surface area contributed by atoms with E-state index >= 15 is 0 Å². The van der Waals surface area contributed by atoms with Crippen molar-refractivity contribution >= 4 is 0 Å². The molecule has 0 fully saturated rings. The molecule has 0 saturated carbocycles. The lowest BCUT2D eigenvalue weighted by Crippen LogP contribution is -2.00. The van der Waals surface area contributed by atoms with Gasteiger partial charge in [-0.15, -0.1) is 0 Å². The number of nitrogens with zero attached hydrogens (tertiary/aromatic N) is 2. The molecule has 0 radical (unpaired) electrons. The summed E-state index contributed by atoms with van der Waals surface area (Å²) in [4.78, 5) is 0. The third-order valence-electron chi connectivity index (χ3n) is 3.22. The topological polar surface area (TPSA) is 53.1 Å². The van der Waals surface area contributed by atoms with Crippen molar-refractivity contribution in [2.45, 2.75) is 20.4 Å². The second kappa shape index (κ2) is 4.82. The monoisotopic (exact) mass is 245 g/mol. The van der Waals surface area contributed by atoms with E-state index in [4.69, 9.17) is 10.5 Å². The van der Waals surface area contributed by atoms with E-state index < -0.39 is 0 Å². The molecule has 0 amide bonds. The van der Waals surface area contributed by atoms with E-state index in [2.05, 4.69) is 18.1 Å². The minimum Gasteiger partial charge on any atom is -0.496 e. The van der Waals surface area contributed by atoms with Crippen LogP contribution in [-0.2, 0) is 13.6 Å². The highest BCUT2D eigenvalue weighted by Crippen LogP contribution is 2.35. The Kier molecular flexibility index (Phi) is 3.39. The van der Waals surface area contributed by atoms with E-state index in [9.17, 15) is 0 Å². The third kappa shape index (κ3) is 1.99. The van der Waals surface area contributed by atoms with Crippen molar-refractivity contribution < 1.29 is 4.74 Å². The highest BCUT2D eigenvalue weighted by molar-refractivity contribution is 5.75. The molecule has 0 saturated heterocycles. The van der Waals surface area contributed by atoms with E-state index in [-0.39, 0.29) is 0 Å². The molecule has 0 aliphatic carbocycles. The lowest BCUT2D eigenvalue weighted by atomic mass is 10.00. The van der Waals surface area contributed by atoms with Crippen molar-refractivity contribution in [3.05, 3.63) is 35.2 Å². The molecule has 4 nitrogen and oxygen atoms in total. The van der Waals surface area contributed by atoms with Crippen LogP contribution in [0.25, 0.3) is 11.1 Å². The summed E-state index contributed by atoms with van der Waals surface area (Å²) in [5.74, 6) is 0.853. The summed E-state index contributed by atoms with van der Waals surface area (Å²) in [6.45, 7) is 4.54. The van der Waals surface area contributed by atoms with Gasteiger partial charge in [-0.25, -0.2) is 0 Å². The number of ether oxygens (including phenoxy) is 1. The molecule has 0 aliphatic rings. The van der Waals surface area contributed by atoms with Crippen LogP contribution in [-0.4, -0.2) is 16.9 Å². The lowest BCUT2D eigenvalue weighted by molar-refractivity contribution is 0.416. The van der Waals surface area contributed by atoms with Crippen LogP contribution in [0.1, 0.15) is 17.0 Å². The molecule has 2 N–H and O–H groups in total. The van der Waals surface area contributed by atoms with Crippen molar-refractivity contribution in [3.8, 4) is 16.9 Å². The molecule has 0 aliphatic heterocycles. The summed E-state index contributed by atoms with van der Waals surface area (Å²) in [5.41, 5.74) is 11.1. The van der Waals surface area contributed by atoms with Gasteiger partial charge in [0.25, 0.3) is 0 Å². The van der Waals surface area contributed by atoms with Crippen LogP contribution in [0.4, 0.5) is 0 Å². The molecule has 0 atom stereocenters. The summed E-state index contributed by atoms with van der Waals surface area (Å²) in [6, 6.07) is 6.13. The second-order valence-corrected chi connectivity index (χ2v) is 4.44. The van der Waals surface area contributed by atoms with Gasteiger partial charge in [-0.3, -0.25) is 4.68 Å². The van der Waals surface area contributed by atoms with E-state index in [0.29, 0.717) is 6.54 Å². The summed E-state index contributed by atoms with van der Waals surface area (Å²) in [7, 11) is 3.61. The largest absolute Gasteiger partial charge is 0.496 e. The maximum absolute atomic E-state index is 5.78. The Morgan fingerprint density at radius 3 is 2.67 bits per heavy atom. The van der Waals surface area contributed by atoms with Crippen molar-refractivity contribution in [1.82, 2.24) is 9.78 Å². The van der Waals surface area contributed by atoms with Gasteiger partial charge in [-0.05, 0) is 26.0 Å². The smallest absolute Gasteiger partial charge is 0.126 e.